The summed E-state index contributed by atoms with van der Waals surface area (Å²) in [5, 5.41) is 8.49. The first-order chi connectivity index (χ1) is 12.5. The molecule has 0 N–H and O–H groups in total. The van der Waals surface area contributed by atoms with E-state index in [9.17, 15) is 9.18 Å². The van der Waals surface area contributed by atoms with Crippen molar-refractivity contribution in [1.82, 2.24) is 29.2 Å². The molecule has 0 aliphatic heterocycles. The first-order valence-electron chi connectivity index (χ1n) is 8.03. The molecule has 8 nitrogen and oxygen atoms in total. The number of esters is 1. The molecule has 0 aliphatic carbocycles. The summed E-state index contributed by atoms with van der Waals surface area (Å²) in [6.45, 7) is 5.66. The number of aryl methyl sites for hydroxylation is 2. The van der Waals surface area contributed by atoms with Crippen LogP contribution >= 0.6 is 0 Å². The molecule has 0 spiro atoms. The van der Waals surface area contributed by atoms with Crippen LogP contribution in [0.2, 0.25) is 0 Å². The summed E-state index contributed by atoms with van der Waals surface area (Å²) in [5.41, 5.74) is 3.52. The molecule has 0 fully saturated rings. The van der Waals surface area contributed by atoms with Crippen molar-refractivity contribution >= 4 is 17.3 Å². The average molecular weight is 354 g/mol. The monoisotopic (exact) mass is 354 g/mol. The zero-order chi connectivity index (χ0) is 18.4. The first kappa shape index (κ1) is 16.1. The third kappa shape index (κ3) is 2.57. The number of carbonyl (C=O) groups is 1. The van der Waals surface area contributed by atoms with Gasteiger partial charge in [-0.3, -0.25) is 0 Å². The zero-order valence-electron chi connectivity index (χ0n) is 14.4. The lowest BCUT2D eigenvalue weighted by atomic mass is 10.1. The Morgan fingerprint density at radius 2 is 1.88 bits per heavy atom. The molecule has 0 radical (unpaired) electrons. The van der Waals surface area contributed by atoms with E-state index in [4.69, 9.17) is 4.74 Å². The molecule has 4 aromatic heterocycles. The highest BCUT2D eigenvalue weighted by Gasteiger charge is 2.18. The van der Waals surface area contributed by atoms with Gasteiger partial charge >= 0.3 is 5.97 Å². The van der Waals surface area contributed by atoms with Crippen LogP contribution < -0.4 is 0 Å². The molecule has 0 aliphatic rings. The molecule has 132 valence electrons. The van der Waals surface area contributed by atoms with E-state index >= 15 is 0 Å². The van der Waals surface area contributed by atoms with E-state index in [1.54, 1.807) is 23.8 Å². The molecule has 4 aromatic rings. The lowest BCUT2D eigenvalue weighted by Crippen LogP contribution is -2.06. The first-order valence-corrected chi connectivity index (χ1v) is 8.03. The molecule has 0 bridgehead atoms. The zero-order valence-corrected chi connectivity index (χ0v) is 14.4. The number of hydrogen-bond donors (Lipinski definition) is 0. The quantitative estimate of drug-likeness (QED) is 0.525. The molecular weight excluding hydrogens is 339 g/mol. The van der Waals surface area contributed by atoms with Gasteiger partial charge in [0, 0.05) is 11.8 Å². The third-order valence-corrected chi connectivity index (χ3v) is 3.87. The van der Waals surface area contributed by atoms with Crippen LogP contribution in [0.5, 0.6) is 0 Å². The molecule has 0 saturated carbocycles. The lowest BCUT2D eigenvalue weighted by Gasteiger charge is -2.05. The molecule has 0 aromatic carbocycles. The van der Waals surface area contributed by atoms with E-state index in [0.717, 1.165) is 16.9 Å². The maximum Gasteiger partial charge on any atom is 0.378 e. The Bertz CT molecular complexity index is 1160. The van der Waals surface area contributed by atoms with Gasteiger partial charge in [0.25, 0.3) is 5.82 Å². The summed E-state index contributed by atoms with van der Waals surface area (Å²) >= 11 is 0. The second-order valence-corrected chi connectivity index (χ2v) is 5.86. The van der Waals surface area contributed by atoms with Crippen molar-refractivity contribution in [3.8, 4) is 11.3 Å². The Balaban J connectivity index is 1.85. The number of carbonyl (C=O) groups excluding carboxylic acids is 1. The van der Waals surface area contributed by atoms with Crippen LogP contribution in [0.4, 0.5) is 4.39 Å². The fourth-order valence-electron chi connectivity index (χ4n) is 2.75. The van der Waals surface area contributed by atoms with E-state index in [0.29, 0.717) is 11.3 Å². The number of ether oxygens (including phenoxy) is 1. The summed E-state index contributed by atoms with van der Waals surface area (Å²) in [6.07, 6.45) is 3.38. The highest BCUT2D eigenvalue weighted by Crippen LogP contribution is 2.22. The van der Waals surface area contributed by atoms with Crippen LogP contribution in [0.25, 0.3) is 22.6 Å². The Morgan fingerprint density at radius 1 is 1.12 bits per heavy atom. The normalized spacial score (nSPS) is 11.4. The van der Waals surface area contributed by atoms with Crippen LogP contribution in [-0.2, 0) is 4.74 Å². The van der Waals surface area contributed by atoms with Crippen molar-refractivity contribution in [3.63, 3.8) is 0 Å². The number of imidazole rings is 1. The van der Waals surface area contributed by atoms with Gasteiger partial charge in [0.1, 0.15) is 0 Å². The Labute approximate surface area is 147 Å². The largest absolute Gasteiger partial charge is 0.460 e. The van der Waals surface area contributed by atoms with Crippen molar-refractivity contribution in [2.75, 3.05) is 6.61 Å². The summed E-state index contributed by atoms with van der Waals surface area (Å²) in [6, 6.07) is 3.14. The van der Waals surface area contributed by atoms with Crippen molar-refractivity contribution in [3.05, 3.63) is 47.4 Å². The van der Waals surface area contributed by atoms with Gasteiger partial charge in [-0.25, -0.2) is 23.2 Å². The van der Waals surface area contributed by atoms with Crippen LogP contribution in [0.1, 0.15) is 28.8 Å². The molecule has 9 heteroatoms. The van der Waals surface area contributed by atoms with E-state index in [2.05, 4.69) is 20.2 Å². The van der Waals surface area contributed by atoms with Crippen molar-refractivity contribution in [2.45, 2.75) is 20.8 Å². The van der Waals surface area contributed by atoms with Crippen LogP contribution in [-0.4, -0.2) is 41.8 Å². The predicted molar refractivity (Wildman–Crippen MR) is 90.4 cm³/mol. The minimum atomic E-state index is -0.693. The molecular formula is C17H15FN6O2. The van der Waals surface area contributed by atoms with Gasteiger partial charge < -0.3 is 4.74 Å². The number of nitrogens with zero attached hydrogens (tertiary/aromatic N) is 6. The molecule has 0 atom stereocenters. The average Bonchev–Trinajstić information content (AvgIpc) is 3.18. The fourth-order valence-corrected chi connectivity index (χ4v) is 2.75. The molecule has 4 rings (SSSR count). The number of fused-ring (bicyclic) bond motifs is 2. The highest BCUT2D eigenvalue weighted by atomic mass is 19.1. The second kappa shape index (κ2) is 5.87. The number of aromatic nitrogens is 6. The summed E-state index contributed by atoms with van der Waals surface area (Å²) in [7, 11) is 0. The highest BCUT2D eigenvalue weighted by molar-refractivity contribution is 5.85. The topological polar surface area (TPSA) is 86.7 Å². The molecule has 0 saturated heterocycles. The maximum absolute atomic E-state index is 14.5. The van der Waals surface area contributed by atoms with E-state index in [-0.39, 0.29) is 18.1 Å². The van der Waals surface area contributed by atoms with Crippen LogP contribution in [0, 0.1) is 19.7 Å². The minimum absolute atomic E-state index is 0.0481. The Hall–Kier alpha value is -3.36. The van der Waals surface area contributed by atoms with Crippen molar-refractivity contribution < 1.29 is 13.9 Å². The fraction of sp³-hybridized carbons (Fsp3) is 0.235. The summed E-state index contributed by atoms with van der Waals surface area (Å²) < 4.78 is 22.2. The van der Waals surface area contributed by atoms with E-state index in [1.807, 2.05) is 19.9 Å². The Kier molecular flexibility index (Phi) is 3.64. The number of rotatable bonds is 3. The van der Waals surface area contributed by atoms with Crippen LogP contribution in [0.3, 0.4) is 0 Å². The van der Waals surface area contributed by atoms with Gasteiger partial charge in [-0.15, -0.1) is 5.10 Å². The van der Waals surface area contributed by atoms with Crippen molar-refractivity contribution in [1.29, 1.82) is 0 Å². The summed E-state index contributed by atoms with van der Waals surface area (Å²) in [4.78, 5) is 20.1. The van der Waals surface area contributed by atoms with Gasteiger partial charge in [-0.05, 0) is 38.5 Å². The number of hydrogen-bond acceptors (Lipinski definition) is 6. The Morgan fingerprint density at radius 3 is 2.65 bits per heavy atom. The number of pyridine rings is 1. The molecule has 4 heterocycles. The van der Waals surface area contributed by atoms with Gasteiger partial charge in [0.2, 0.25) is 0 Å². The minimum Gasteiger partial charge on any atom is -0.460 e. The maximum atomic E-state index is 14.5. The van der Waals surface area contributed by atoms with Gasteiger partial charge in [0.15, 0.2) is 17.1 Å². The van der Waals surface area contributed by atoms with Crippen LogP contribution in [0.15, 0.2) is 24.5 Å². The van der Waals surface area contributed by atoms with Gasteiger partial charge in [0.05, 0.1) is 24.2 Å². The number of halogens is 1. The van der Waals surface area contributed by atoms with E-state index < -0.39 is 11.8 Å². The molecule has 26 heavy (non-hydrogen) atoms. The molecule has 0 unspecified atom stereocenters. The predicted octanol–water partition coefficient (Wildman–Crippen LogP) is 2.37. The summed E-state index contributed by atoms with van der Waals surface area (Å²) in [5.74, 6) is -1.49. The SMILES string of the molecule is CCOC(=O)c1nc2c(F)cc(-c3cc(C)c4nc(C)cn4n3)cn2n1. The standard InChI is InChI=1S/C17H15FN6O2/c1-4-26-17(25)14-20-16-12(18)6-11(8-24(16)22-14)13-5-9(2)15-19-10(3)7-23(15)21-13/h5-8H,4H2,1-3H3. The lowest BCUT2D eigenvalue weighted by molar-refractivity contribution is 0.0512. The van der Waals surface area contributed by atoms with Gasteiger partial charge in [-0.1, -0.05) is 0 Å². The third-order valence-electron chi connectivity index (χ3n) is 3.87. The molecule has 0 amide bonds. The second-order valence-electron chi connectivity index (χ2n) is 5.86. The van der Waals surface area contributed by atoms with E-state index in [1.165, 1.54) is 10.6 Å². The van der Waals surface area contributed by atoms with Gasteiger partial charge in [-0.2, -0.15) is 10.1 Å². The van der Waals surface area contributed by atoms with Crippen molar-refractivity contribution in [2.24, 2.45) is 0 Å². The smallest absolute Gasteiger partial charge is 0.378 e.